The number of phosphoric ester groups is 1. The largest absolute Gasteiger partial charge is 0.508 e. The lowest BCUT2D eigenvalue weighted by atomic mass is 9.86. The van der Waals surface area contributed by atoms with Gasteiger partial charge in [0.1, 0.15) is 12.4 Å². The van der Waals surface area contributed by atoms with Crippen LogP contribution in [0.15, 0.2) is 48.5 Å². The van der Waals surface area contributed by atoms with Crippen LogP contribution < -0.4 is 10.6 Å². The van der Waals surface area contributed by atoms with Gasteiger partial charge in [-0.25, -0.2) is 4.57 Å². The summed E-state index contributed by atoms with van der Waals surface area (Å²) in [6.45, 7) is 22.8. The van der Waals surface area contributed by atoms with Crippen molar-refractivity contribution in [3.8, 4) is 5.75 Å². The summed E-state index contributed by atoms with van der Waals surface area (Å²) in [4.78, 5) is 63.6. The Kier molecular flexibility index (Phi) is 76.4. The summed E-state index contributed by atoms with van der Waals surface area (Å²) in [6.07, 6.45) is 40.6. The van der Waals surface area contributed by atoms with E-state index in [1.165, 1.54) is 147 Å². The van der Waals surface area contributed by atoms with Crippen LogP contribution in [0, 0.1) is 0 Å². The van der Waals surface area contributed by atoms with Crippen molar-refractivity contribution in [3.05, 3.63) is 65.2 Å². The minimum atomic E-state index is -4.56. The molecular weight excluding hydrogens is 1540 g/mol. The number of aromatic hydroxyl groups is 1. The van der Waals surface area contributed by atoms with E-state index in [9.17, 15) is 33.7 Å². The number of nitrogens with one attached hydrogen (secondary N) is 2. The molecule has 2 rings (SSSR count). The summed E-state index contributed by atoms with van der Waals surface area (Å²) >= 11 is 0. The molecule has 0 aliphatic rings. The Morgan fingerprint density at radius 1 is 0.387 bits per heavy atom. The first kappa shape index (κ1) is 111. The van der Waals surface area contributed by atoms with Crippen LogP contribution in [-0.4, -0.2) is 242 Å². The van der Waals surface area contributed by atoms with Gasteiger partial charge in [-0.3, -0.25) is 33.1 Å². The number of amides is 2. The van der Waals surface area contributed by atoms with Crippen molar-refractivity contribution >= 4 is 31.6 Å². The zero-order valence-electron chi connectivity index (χ0n) is 75.3. The van der Waals surface area contributed by atoms with Crippen LogP contribution >= 0.6 is 7.82 Å². The number of nitrogens with zero attached hydrogens (tertiary/aromatic N) is 1. The topological polar surface area (TPSA) is 292 Å². The van der Waals surface area contributed by atoms with Gasteiger partial charge in [0.15, 0.2) is 6.10 Å². The highest BCUT2D eigenvalue weighted by molar-refractivity contribution is 7.47. The van der Waals surface area contributed by atoms with Gasteiger partial charge in [0.25, 0.3) is 0 Å². The average molecular weight is 1710 g/mol. The molecule has 119 heavy (non-hydrogen) atoms. The van der Waals surface area contributed by atoms with Crippen LogP contribution in [0.1, 0.15) is 308 Å². The Morgan fingerprint density at radius 2 is 0.723 bits per heavy atom. The summed E-state index contributed by atoms with van der Waals surface area (Å²) in [6, 6.07) is 17.0. The molecule has 1 unspecified atom stereocenters. The molecule has 0 aliphatic heterocycles. The molecule has 0 radical (unpaired) electrons. The number of rotatable bonds is 91. The summed E-state index contributed by atoms with van der Waals surface area (Å²) < 4.78 is 95.4. The number of phosphoric acid groups is 1. The fourth-order valence-corrected chi connectivity index (χ4v) is 14.5. The minimum absolute atomic E-state index is 0.00114. The molecule has 4 N–H and O–H groups in total. The molecule has 0 heterocycles. The SMILES string of the molecule is CCCCCCCCCCCCCCCCCC(=O)OC[C@H](COP(=O)(O)OCCOCCOCCOCCOCCOCCOCCOCCOCCOCCOCCOCCNC(=O)CCCCCC(=O)NCCc1ccc(O)c([C@H](CCN(C(C)C)C(C)C)c2ccccc2)c1)OC(=O)CCCCCCCCCCCCCCCCC. The standard InChI is InChI=1S/C93H168N3O22P/c1-7-9-11-13-15-17-19-21-23-25-27-29-31-33-41-47-92(100)115-80-86(118-93(101)48-42-34-32-30-28-26-24-22-20-18-16-14-12-10-8-2)81-117-119(102,103)116-78-77-114-76-75-113-74-73-112-72-71-111-70-69-110-68-67-109-66-65-108-64-63-107-62-61-106-60-59-105-58-57-104-56-54-95-91(99)46-40-36-39-45-90(98)94-53-51-84-49-50-89(97)88(79-84)87(85-43-37-35-38-44-85)52-55-96(82(3)4)83(5)6/h35,37-38,43-44,49-50,79,82-83,86-87,97H,7-34,36,39-42,45-48,51-78,80-81H2,1-6H3,(H,94,98)(H,95,99)(H,102,103)/t86-,87-/m1/s1. The van der Waals surface area contributed by atoms with Crippen LogP contribution in [0.4, 0.5) is 0 Å². The number of carbonyl (C=O) groups excluding carboxylic acids is 4. The fourth-order valence-electron chi connectivity index (χ4n) is 13.8. The van der Waals surface area contributed by atoms with Crippen LogP contribution in [0.2, 0.25) is 0 Å². The van der Waals surface area contributed by atoms with E-state index in [4.69, 9.17) is 70.6 Å². The van der Waals surface area contributed by atoms with Gasteiger partial charge in [-0.1, -0.05) is 243 Å². The third-order valence-corrected chi connectivity index (χ3v) is 21.6. The van der Waals surface area contributed by atoms with Gasteiger partial charge in [-0.05, 0) is 90.0 Å². The van der Waals surface area contributed by atoms with Crippen molar-refractivity contribution in [1.82, 2.24) is 15.5 Å². The molecular formula is C93H168N3O22P. The molecule has 0 bridgehead atoms. The average Bonchev–Trinajstić information content (AvgIpc) is 0.816. The first-order chi connectivity index (χ1) is 58.1. The molecule has 2 amide bonds. The molecule has 25 nitrogen and oxygen atoms in total. The van der Waals surface area contributed by atoms with Gasteiger partial charge in [0, 0.05) is 62.3 Å². The van der Waals surface area contributed by atoms with Crippen LogP contribution in [-0.2, 0) is 101 Å². The molecule has 3 atom stereocenters. The smallest absolute Gasteiger partial charge is 0.472 e. The summed E-state index contributed by atoms with van der Waals surface area (Å²) in [5.41, 5.74) is 3.16. The lowest BCUT2D eigenvalue weighted by molar-refractivity contribution is -0.161. The Hall–Kier alpha value is -4.25. The maximum absolute atomic E-state index is 12.9. The van der Waals surface area contributed by atoms with Crippen molar-refractivity contribution in [2.24, 2.45) is 0 Å². The summed E-state index contributed by atoms with van der Waals surface area (Å²) in [5.74, 6) is -0.566. The van der Waals surface area contributed by atoms with Gasteiger partial charge >= 0.3 is 19.8 Å². The lowest BCUT2D eigenvalue weighted by Gasteiger charge is -2.32. The number of hydrogen-bond donors (Lipinski definition) is 4. The first-order valence-corrected chi connectivity index (χ1v) is 48.1. The Balaban J connectivity index is 1.37. The predicted octanol–water partition coefficient (Wildman–Crippen LogP) is 18.1. The second kappa shape index (κ2) is 82.1. The van der Waals surface area contributed by atoms with Crippen LogP contribution in [0.5, 0.6) is 5.75 Å². The molecule has 2 aromatic rings. The van der Waals surface area contributed by atoms with Gasteiger partial charge in [-0.2, -0.15) is 0 Å². The molecule has 0 saturated heterocycles. The van der Waals surface area contributed by atoms with Crippen molar-refractivity contribution < 1.29 is 104 Å². The molecule has 0 aromatic heterocycles. The number of carbonyl (C=O) groups is 4. The van der Waals surface area contributed by atoms with E-state index in [1.54, 1.807) is 6.07 Å². The number of benzene rings is 2. The zero-order chi connectivity index (χ0) is 86.1. The van der Waals surface area contributed by atoms with E-state index >= 15 is 0 Å². The fraction of sp³-hybridized carbons (Fsp3) is 0.828. The molecule has 0 fully saturated rings. The predicted molar refractivity (Wildman–Crippen MR) is 471 cm³/mol. The van der Waals surface area contributed by atoms with E-state index in [1.807, 2.05) is 24.3 Å². The molecule has 0 aliphatic carbocycles. The highest BCUT2D eigenvalue weighted by Gasteiger charge is 2.27. The lowest BCUT2D eigenvalue weighted by Crippen LogP contribution is -2.38. The van der Waals surface area contributed by atoms with Crippen molar-refractivity contribution in [2.45, 2.75) is 316 Å². The molecule has 26 heteroatoms. The van der Waals surface area contributed by atoms with E-state index < -0.39 is 32.5 Å². The van der Waals surface area contributed by atoms with Gasteiger partial charge in [0.05, 0.1) is 159 Å². The van der Waals surface area contributed by atoms with E-state index in [2.05, 4.69) is 75.3 Å². The molecule has 0 spiro atoms. The maximum atomic E-state index is 12.9. The second-order valence-corrected chi connectivity index (χ2v) is 33.1. The number of unbranched alkanes of at least 4 members (excludes halogenated alkanes) is 30. The number of phenols is 1. The highest BCUT2D eigenvalue weighted by Crippen LogP contribution is 2.43. The third kappa shape index (κ3) is 70.7. The number of esters is 2. The van der Waals surface area contributed by atoms with Crippen molar-refractivity contribution in [2.75, 3.05) is 185 Å². The summed E-state index contributed by atoms with van der Waals surface area (Å²) in [7, 11) is -4.56. The monoisotopic (exact) mass is 1710 g/mol. The molecule has 0 saturated carbocycles. The summed E-state index contributed by atoms with van der Waals surface area (Å²) in [5, 5.41) is 17.0. The van der Waals surface area contributed by atoms with E-state index in [0.717, 1.165) is 69.0 Å². The van der Waals surface area contributed by atoms with Crippen LogP contribution in [0.3, 0.4) is 0 Å². The number of ether oxygens (including phenoxy) is 13. The van der Waals surface area contributed by atoms with Gasteiger partial charge in [-0.15, -0.1) is 0 Å². The van der Waals surface area contributed by atoms with Gasteiger partial charge < -0.3 is 82.2 Å². The maximum Gasteiger partial charge on any atom is 0.472 e. The van der Waals surface area contributed by atoms with Crippen molar-refractivity contribution in [1.29, 1.82) is 0 Å². The Morgan fingerprint density at radius 3 is 1.11 bits per heavy atom. The van der Waals surface area contributed by atoms with E-state index in [0.29, 0.717) is 201 Å². The number of phenolic OH excluding ortho intramolecular Hbond substituents is 1. The van der Waals surface area contributed by atoms with Crippen LogP contribution in [0.25, 0.3) is 0 Å². The quantitative estimate of drug-likeness (QED) is 0.0272. The third-order valence-electron chi connectivity index (χ3n) is 20.6. The second-order valence-electron chi connectivity index (χ2n) is 31.6. The normalized spacial score (nSPS) is 12.8. The molecule has 2 aromatic carbocycles. The number of hydrogen-bond acceptors (Lipinski definition) is 22. The highest BCUT2D eigenvalue weighted by atomic mass is 31.2. The Labute approximate surface area is 719 Å². The van der Waals surface area contributed by atoms with E-state index in [-0.39, 0.29) is 63.6 Å². The minimum Gasteiger partial charge on any atom is -0.508 e. The Bertz CT molecular complexity index is 2660. The van der Waals surface area contributed by atoms with Gasteiger partial charge in [0.2, 0.25) is 11.8 Å². The zero-order valence-corrected chi connectivity index (χ0v) is 76.2. The molecule has 692 valence electrons. The van der Waals surface area contributed by atoms with Crippen molar-refractivity contribution in [3.63, 3.8) is 0 Å². The first-order valence-electron chi connectivity index (χ1n) is 46.6.